The minimum atomic E-state index is -0.232. The molecule has 0 aliphatic carbocycles. The third kappa shape index (κ3) is 2.94. The van der Waals surface area contributed by atoms with Crippen LogP contribution < -0.4 is 5.73 Å². The number of thiocarbonyl (C=S) groups is 1. The van der Waals surface area contributed by atoms with Crippen LogP contribution in [0.4, 0.5) is 0 Å². The molecule has 1 aromatic heterocycles. The quantitative estimate of drug-likeness (QED) is 0.822. The number of carbonyl (C=O) groups is 1. The summed E-state index contributed by atoms with van der Waals surface area (Å²) in [7, 11) is 0. The summed E-state index contributed by atoms with van der Waals surface area (Å²) in [5.41, 5.74) is 5.71. The van der Waals surface area contributed by atoms with E-state index < -0.39 is 0 Å². The van der Waals surface area contributed by atoms with Crippen molar-refractivity contribution >= 4 is 34.7 Å². The Morgan fingerprint density at radius 2 is 2.40 bits per heavy atom. The Morgan fingerprint density at radius 1 is 1.73 bits per heavy atom. The molecule has 0 saturated heterocycles. The zero-order valence-electron chi connectivity index (χ0n) is 8.20. The number of nitrogens with zero attached hydrogens (tertiary/aromatic N) is 1. The second kappa shape index (κ2) is 5.14. The first-order valence-corrected chi connectivity index (χ1v) is 5.15. The van der Waals surface area contributed by atoms with Gasteiger partial charge >= 0.3 is 0 Å². The molecule has 0 bridgehead atoms. The Hall–Kier alpha value is -1.07. The summed E-state index contributed by atoms with van der Waals surface area (Å²) in [4.78, 5) is 13.6. The molecular formula is C9H11ClN2O2S. The highest BCUT2D eigenvalue weighted by Crippen LogP contribution is 2.18. The number of nitrogens with two attached hydrogens (primary N) is 1. The molecular weight excluding hydrogens is 236 g/mol. The van der Waals surface area contributed by atoms with E-state index in [1.807, 2.05) is 6.92 Å². The zero-order chi connectivity index (χ0) is 11.4. The SMILES string of the molecule is CCN(CC(N)=S)C(=O)c1ccoc1Cl. The Bertz CT molecular complexity index is 378. The smallest absolute Gasteiger partial charge is 0.259 e. The van der Waals surface area contributed by atoms with Crippen LogP contribution in [0.5, 0.6) is 0 Å². The van der Waals surface area contributed by atoms with Gasteiger partial charge in [0.15, 0.2) is 0 Å². The first-order chi connectivity index (χ1) is 7.06. The van der Waals surface area contributed by atoms with Crippen LogP contribution in [0.1, 0.15) is 17.3 Å². The first kappa shape index (κ1) is 12.0. The second-order valence-electron chi connectivity index (χ2n) is 2.89. The number of carbonyl (C=O) groups excluding carboxylic acids is 1. The molecule has 0 radical (unpaired) electrons. The molecule has 1 rings (SSSR count). The summed E-state index contributed by atoms with van der Waals surface area (Å²) < 4.78 is 4.84. The molecule has 6 heteroatoms. The number of halogens is 1. The highest BCUT2D eigenvalue weighted by molar-refractivity contribution is 7.80. The average Bonchev–Trinajstić information content (AvgIpc) is 2.59. The molecule has 0 aliphatic heterocycles. The lowest BCUT2D eigenvalue weighted by atomic mass is 10.3. The van der Waals surface area contributed by atoms with Gasteiger partial charge in [-0.2, -0.15) is 0 Å². The summed E-state index contributed by atoms with van der Waals surface area (Å²) in [6.07, 6.45) is 1.37. The lowest BCUT2D eigenvalue weighted by Gasteiger charge is -2.19. The zero-order valence-corrected chi connectivity index (χ0v) is 9.77. The predicted octanol–water partition coefficient (Wildman–Crippen LogP) is 1.68. The van der Waals surface area contributed by atoms with E-state index in [0.717, 1.165) is 0 Å². The van der Waals surface area contributed by atoms with Crippen molar-refractivity contribution in [2.45, 2.75) is 6.92 Å². The number of likely N-dealkylation sites (N-methyl/N-ethyl adjacent to an activating group) is 1. The van der Waals surface area contributed by atoms with Gasteiger partial charge < -0.3 is 15.1 Å². The van der Waals surface area contributed by atoms with Crippen LogP contribution in [0.2, 0.25) is 5.22 Å². The third-order valence-electron chi connectivity index (χ3n) is 1.86. The fourth-order valence-electron chi connectivity index (χ4n) is 1.13. The van der Waals surface area contributed by atoms with E-state index in [0.29, 0.717) is 12.1 Å². The normalized spacial score (nSPS) is 10.0. The van der Waals surface area contributed by atoms with Crippen molar-refractivity contribution in [2.75, 3.05) is 13.1 Å². The first-order valence-electron chi connectivity index (χ1n) is 4.36. The molecule has 1 aromatic rings. The average molecular weight is 247 g/mol. The van der Waals surface area contributed by atoms with Gasteiger partial charge in [0, 0.05) is 6.54 Å². The minimum absolute atomic E-state index is 0.0846. The van der Waals surface area contributed by atoms with E-state index in [1.54, 1.807) is 0 Å². The molecule has 0 saturated carbocycles. The molecule has 0 atom stereocenters. The molecule has 0 aliphatic rings. The van der Waals surface area contributed by atoms with E-state index in [2.05, 4.69) is 0 Å². The van der Waals surface area contributed by atoms with Crippen LogP contribution in [0.25, 0.3) is 0 Å². The molecule has 4 nitrogen and oxygen atoms in total. The van der Waals surface area contributed by atoms with Crippen molar-refractivity contribution in [2.24, 2.45) is 5.73 Å². The van der Waals surface area contributed by atoms with Gasteiger partial charge in [0.25, 0.3) is 5.91 Å². The Labute approximate surface area is 98.0 Å². The van der Waals surface area contributed by atoms with E-state index in [-0.39, 0.29) is 22.7 Å². The minimum Gasteiger partial charge on any atom is -0.452 e. The van der Waals surface area contributed by atoms with Crippen LogP contribution in [0.3, 0.4) is 0 Å². The van der Waals surface area contributed by atoms with Gasteiger partial charge in [-0.15, -0.1) is 0 Å². The Morgan fingerprint density at radius 3 is 2.80 bits per heavy atom. The monoisotopic (exact) mass is 246 g/mol. The molecule has 1 amide bonds. The molecule has 2 N–H and O–H groups in total. The second-order valence-corrected chi connectivity index (χ2v) is 3.76. The van der Waals surface area contributed by atoms with Crippen molar-refractivity contribution in [3.63, 3.8) is 0 Å². The van der Waals surface area contributed by atoms with Gasteiger partial charge in [-0.1, -0.05) is 12.2 Å². The van der Waals surface area contributed by atoms with Crippen LogP contribution >= 0.6 is 23.8 Å². The highest BCUT2D eigenvalue weighted by Gasteiger charge is 2.19. The fraction of sp³-hybridized carbons (Fsp3) is 0.333. The molecule has 1 heterocycles. The van der Waals surface area contributed by atoms with Crippen LogP contribution in [0.15, 0.2) is 16.7 Å². The molecule has 82 valence electrons. The van der Waals surface area contributed by atoms with Crippen molar-refractivity contribution in [3.05, 3.63) is 23.1 Å². The lowest BCUT2D eigenvalue weighted by Crippen LogP contribution is -2.37. The topological polar surface area (TPSA) is 59.5 Å². The molecule has 0 spiro atoms. The maximum absolute atomic E-state index is 11.9. The number of furan rings is 1. The predicted molar refractivity (Wildman–Crippen MR) is 62.1 cm³/mol. The van der Waals surface area contributed by atoms with Gasteiger partial charge in [-0.05, 0) is 24.6 Å². The van der Waals surface area contributed by atoms with Crippen LogP contribution in [-0.2, 0) is 0 Å². The number of hydrogen-bond donors (Lipinski definition) is 1. The molecule has 0 aromatic carbocycles. The summed E-state index contributed by atoms with van der Waals surface area (Å²) in [6, 6.07) is 1.52. The molecule has 15 heavy (non-hydrogen) atoms. The summed E-state index contributed by atoms with van der Waals surface area (Å²) in [5, 5.41) is 0.0846. The Kier molecular flexibility index (Phi) is 4.11. The van der Waals surface area contributed by atoms with Crippen LogP contribution in [-0.4, -0.2) is 28.9 Å². The number of hydrogen-bond acceptors (Lipinski definition) is 3. The number of amides is 1. The maximum atomic E-state index is 11.9. The summed E-state index contributed by atoms with van der Waals surface area (Å²) in [5.74, 6) is -0.232. The van der Waals surface area contributed by atoms with Gasteiger partial charge in [0.05, 0.1) is 23.4 Å². The largest absolute Gasteiger partial charge is 0.452 e. The molecule has 0 unspecified atom stereocenters. The van der Waals surface area contributed by atoms with Crippen molar-refractivity contribution in [1.29, 1.82) is 0 Å². The van der Waals surface area contributed by atoms with Gasteiger partial charge in [-0.3, -0.25) is 4.79 Å². The standard InChI is InChI=1S/C9H11ClN2O2S/c1-2-12(5-7(11)15)9(13)6-3-4-14-8(6)10/h3-4H,2,5H2,1H3,(H2,11,15). The van der Waals surface area contributed by atoms with Crippen molar-refractivity contribution < 1.29 is 9.21 Å². The van der Waals surface area contributed by atoms with Crippen molar-refractivity contribution in [3.8, 4) is 0 Å². The van der Waals surface area contributed by atoms with Gasteiger partial charge in [0.1, 0.15) is 0 Å². The van der Waals surface area contributed by atoms with Gasteiger partial charge in [-0.25, -0.2) is 0 Å². The Balaban J connectivity index is 2.82. The highest BCUT2D eigenvalue weighted by atomic mass is 35.5. The fourth-order valence-corrected chi connectivity index (χ4v) is 1.48. The summed E-state index contributed by atoms with van der Waals surface area (Å²) in [6.45, 7) is 2.59. The third-order valence-corrected chi connectivity index (χ3v) is 2.29. The van der Waals surface area contributed by atoms with E-state index in [9.17, 15) is 4.79 Å². The summed E-state index contributed by atoms with van der Waals surface area (Å²) >= 11 is 10.4. The van der Waals surface area contributed by atoms with Crippen LogP contribution in [0, 0.1) is 0 Å². The molecule has 0 fully saturated rings. The maximum Gasteiger partial charge on any atom is 0.259 e. The van der Waals surface area contributed by atoms with Gasteiger partial charge in [0.2, 0.25) is 5.22 Å². The number of rotatable bonds is 4. The van der Waals surface area contributed by atoms with E-state index >= 15 is 0 Å². The van der Waals surface area contributed by atoms with E-state index in [1.165, 1.54) is 17.2 Å². The lowest BCUT2D eigenvalue weighted by molar-refractivity contribution is 0.0787. The van der Waals surface area contributed by atoms with Crippen molar-refractivity contribution in [1.82, 2.24) is 4.90 Å². The van der Waals surface area contributed by atoms with E-state index in [4.69, 9.17) is 34.0 Å².